The van der Waals surface area contributed by atoms with Crippen LogP contribution >= 0.6 is 0 Å². The van der Waals surface area contributed by atoms with E-state index in [2.05, 4.69) is 35.5 Å². The normalized spacial score (nSPS) is 20.9. The number of nitrogens with one attached hydrogen (secondary N) is 1. The highest BCUT2D eigenvalue weighted by molar-refractivity contribution is 5.37. The van der Waals surface area contributed by atoms with Crippen molar-refractivity contribution < 1.29 is 4.74 Å². The Morgan fingerprint density at radius 3 is 2.83 bits per heavy atom. The zero-order valence-electron chi connectivity index (χ0n) is 11.1. The van der Waals surface area contributed by atoms with E-state index in [-0.39, 0.29) is 0 Å². The van der Waals surface area contributed by atoms with Crippen LogP contribution in [0, 0.1) is 5.92 Å². The fourth-order valence-corrected chi connectivity index (χ4v) is 2.80. The number of likely N-dealkylation sites (tertiary alicyclic amines) is 1. The average Bonchev–Trinajstić information content (AvgIpc) is 2.85. The number of hydrogen-bond donors (Lipinski definition) is 1. The Bertz CT molecular complexity index is 411. The lowest BCUT2D eigenvalue weighted by Gasteiger charge is -2.28. The van der Waals surface area contributed by atoms with E-state index < -0.39 is 0 Å². The first-order valence-electron chi connectivity index (χ1n) is 6.95. The van der Waals surface area contributed by atoms with Gasteiger partial charge in [-0.2, -0.15) is 0 Å². The van der Waals surface area contributed by atoms with E-state index >= 15 is 0 Å². The number of benzene rings is 1. The largest absolute Gasteiger partial charge is 0.493 e. The molecule has 2 heterocycles. The molecule has 3 nitrogen and oxygen atoms in total. The molecule has 98 valence electrons. The molecule has 3 rings (SSSR count). The molecule has 0 aliphatic carbocycles. The van der Waals surface area contributed by atoms with Gasteiger partial charge in [-0.25, -0.2) is 0 Å². The maximum Gasteiger partial charge on any atom is 0.119 e. The Kier molecular flexibility index (Phi) is 3.52. The van der Waals surface area contributed by atoms with Crippen LogP contribution in [0.4, 0.5) is 0 Å². The van der Waals surface area contributed by atoms with Gasteiger partial charge >= 0.3 is 0 Å². The van der Waals surface area contributed by atoms with Crippen molar-refractivity contribution in [3.63, 3.8) is 0 Å². The van der Waals surface area contributed by atoms with Crippen molar-refractivity contribution in [1.29, 1.82) is 0 Å². The van der Waals surface area contributed by atoms with Gasteiger partial charge in [-0.15, -0.1) is 0 Å². The summed E-state index contributed by atoms with van der Waals surface area (Å²) in [5, 5.41) is 3.36. The summed E-state index contributed by atoms with van der Waals surface area (Å²) in [5.41, 5.74) is 2.82. The number of ether oxygens (including phenoxy) is 1. The maximum atomic E-state index is 5.96. The van der Waals surface area contributed by atoms with Gasteiger partial charge in [-0.3, -0.25) is 0 Å². The monoisotopic (exact) mass is 246 g/mol. The second-order valence-corrected chi connectivity index (χ2v) is 5.59. The standard InChI is InChI=1S/C15H22N2O/c1-17-6-4-12(5-7-17)11-18-15-3-2-13-9-16-10-14(13)8-15/h2-3,8,12,16H,4-7,9-11H2,1H3. The molecular formula is C15H22N2O. The molecule has 1 saturated heterocycles. The van der Waals surface area contributed by atoms with Gasteiger partial charge in [-0.1, -0.05) is 6.07 Å². The Morgan fingerprint density at radius 1 is 1.22 bits per heavy atom. The molecule has 1 N–H and O–H groups in total. The quantitative estimate of drug-likeness (QED) is 0.883. The molecule has 2 aliphatic rings. The van der Waals surface area contributed by atoms with Crippen LogP contribution in [0.15, 0.2) is 18.2 Å². The Hall–Kier alpha value is -1.06. The summed E-state index contributed by atoms with van der Waals surface area (Å²) in [6.07, 6.45) is 2.53. The molecular weight excluding hydrogens is 224 g/mol. The van der Waals surface area contributed by atoms with Crippen molar-refractivity contribution in [2.24, 2.45) is 5.92 Å². The average molecular weight is 246 g/mol. The van der Waals surface area contributed by atoms with Crippen LogP contribution in [0.25, 0.3) is 0 Å². The molecule has 18 heavy (non-hydrogen) atoms. The SMILES string of the molecule is CN1CCC(COc2ccc3c(c2)CNC3)CC1. The topological polar surface area (TPSA) is 24.5 Å². The van der Waals surface area contributed by atoms with Gasteiger partial charge in [-0.05, 0) is 62.2 Å². The smallest absolute Gasteiger partial charge is 0.119 e. The van der Waals surface area contributed by atoms with E-state index in [9.17, 15) is 0 Å². The maximum absolute atomic E-state index is 5.96. The van der Waals surface area contributed by atoms with Crippen molar-refractivity contribution in [1.82, 2.24) is 10.2 Å². The second kappa shape index (κ2) is 5.29. The van der Waals surface area contributed by atoms with Gasteiger partial charge in [0, 0.05) is 13.1 Å². The van der Waals surface area contributed by atoms with Crippen LogP contribution in [0.2, 0.25) is 0 Å². The van der Waals surface area contributed by atoms with Crippen LogP contribution in [0.5, 0.6) is 5.75 Å². The van der Waals surface area contributed by atoms with Crippen molar-refractivity contribution in [2.75, 3.05) is 26.7 Å². The van der Waals surface area contributed by atoms with Crippen LogP contribution in [-0.4, -0.2) is 31.6 Å². The van der Waals surface area contributed by atoms with Crippen LogP contribution < -0.4 is 10.1 Å². The fourth-order valence-electron chi connectivity index (χ4n) is 2.80. The summed E-state index contributed by atoms with van der Waals surface area (Å²) in [6, 6.07) is 6.50. The van der Waals surface area contributed by atoms with E-state index in [0.29, 0.717) is 0 Å². The first-order chi connectivity index (χ1) is 8.81. The number of nitrogens with zero attached hydrogens (tertiary/aromatic N) is 1. The van der Waals surface area contributed by atoms with E-state index in [1.54, 1.807) is 0 Å². The van der Waals surface area contributed by atoms with Crippen LogP contribution in [0.1, 0.15) is 24.0 Å². The molecule has 0 saturated carbocycles. The fraction of sp³-hybridized carbons (Fsp3) is 0.600. The number of fused-ring (bicyclic) bond motifs is 1. The second-order valence-electron chi connectivity index (χ2n) is 5.59. The van der Waals surface area contributed by atoms with Gasteiger partial charge in [0.1, 0.15) is 5.75 Å². The first kappa shape index (κ1) is 12.0. The van der Waals surface area contributed by atoms with Gasteiger partial charge in [0.25, 0.3) is 0 Å². The van der Waals surface area contributed by atoms with E-state index in [1.165, 1.54) is 37.1 Å². The molecule has 1 fully saturated rings. The highest BCUT2D eigenvalue weighted by Gasteiger charge is 2.17. The summed E-state index contributed by atoms with van der Waals surface area (Å²) in [5.74, 6) is 1.77. The van der Waals surface area contributed by atoms with Gasteiger partial charge in [0.2, 0.25) is 0 Å². The Balaban J connectivity index is 1.54. The zero-order valence-corrected chi connectivity index (χ0v) is 11.1. The van der Waals surface area contributed by atoms with Gasteiger partial charge in [0.05, 0.1) is 6.61 Å². The van der Waals surface area contributed by atoms with Crippen molar-refractivity contribution >= 4 is 0 Å². The lowest BCUT2D eigenvalue weighted by Crippen LogP contribution is -2.32. The minimum Gasteiger partial charge on any atom is -0.493 e. The Morgan fingerprint density at radius 2 is 2.00 bits per heavy atom. The van der Waals surface area contributed by atoms with E-state index in [1.807, 2.05) is 0 Å². The molecule has 1 aromatic carbocycles. The highest BCUT2D eigenvalue weighted by atomic mass is 16.5. The van der Waals surface area contributed by atoms with Crippen LogP contribution in [-0.2, 0) is 13.1 Å². The molecule has 0 amide bonds. The van der Waals surface area contributed by atoms with E-state index in [4.69, 9.17) is 4.74 Å². The molecule has 0 radical (unpaired) electrons. The van der Waals surface area contributed by atoms with E-state index in [0.717, 1.165) is 31.4 Å². The predicted molar refractivity (Wildman–Crippen MR) is 72.7 cm³/mol. The summed E-state index contributed by atoms with van der Waals surface area (Å²) < 4.78 is 5.96. The third-order valence-corrected chi connectivity index (χ3v) is 4.13. The first-order valence-corrected chi connectivity index (χ1v) is 6.95. The predicted octanol–water partition coefficient (Wildman–Crippen LogP) is 2.01. The minimum atomic E-state index is 0.729. The molecule has 0 spiro atoms. The zero-order chi connectivity index (χ0) is 12.4. The summed E-state index contributed by atoms with van der Waals surface area (Å²) in [7, 11) is 2.20. The molecule has 2 aliphatic heterocycles. The van der Waals surface area contributed by atoms with Crippen molar-refractivity contribution in [3.8, 4) is 5.75 Å². The lowest BCUT2D eigenvalue weighted by atomic mass is 9.98. The molecule has 1 aromatic rings. The highest BCUT2D eigenvalue weighted by Crippen LogP contribution is 2.23. The summed E-state index contributed by atoms with van der Waals surface area (Å²) >= 11 is 0. The summed E-state index contributed by atoms with van der Waals surface area (Å²) in [6.45, 7) is 5.29. The molecule has 3 heteroatoms. The van der Waals surface area contributed by atoms with Gasteiger partial charge in [0.15, 0.2) is 0 Å². The Labute approximate surface area is 109 Å². The molecule has 0 bridgehead atoms. The number of hydrogen-bond acceptors (Lipinski definition) is 3. The molecule has 0 atom stereocenters. The third-order valence-electron chi connectivity index (χ3n) is 4.13. The van der Waals surface area contributed by atoms with Crippen molar-refractivity contribution in [3.05, 3.63) is 29.3 Å². The van der Waals surface area contributed by atoms with Crippen molar-refractivity contribution in [2.45, 2.75) is 25.9 Å². The third kappa shape index (κ3) is 2.68. The van der Waals surface area contributed by atoms with Gasteiger partial charge < -0.3 is 15.0 Å². The molecule has 0 aromatic heterocycles. The lowest BCUT2D eigenvalue weighted by molar-refractivity contribution is 0.160. The summed E-state index contributed by atoms with van der Waals surface area (Å²) in [4.78, 5) is 2.40. The minimum absolute atomic E-state index is 0.729. The molecule has 0 unspecified atom stereocenters. The number of piperidine rings is 1. The van der Waals surface area contributed by atoms with Crippen LogP contribution in [0.3, 0.4) is 0 Å². The number of rotatable bonds is 3.